The summed E-state index contributed by atoms with van der Waals surface area (Å²) >= 11 is 3.20. The van der Waals surface area contributed by atoms with Crippen LogP contribution in [0.2, 0.25) is 0 Å². The highest BCUT2D eigenvalue weighted by atomic mass is 79.9. The molecular formula is C15H13BrN2O4. The van der Waals surface area contributed by atoms with Gasteiger partial charge >= 0.3 is 0 Å². The topological polar surface area (TPSA) is 74.0 Å². The second-order valence-electron chi connectivity index (χ2n) is 4.37. The molecule has 7 heteroatoms. The Bertz CT molecular complexity index is 731. The van der Waals surface area contributed by atoms with Gasteiger partial charge in [-0.25, -0.2) is 0 Å². The van der Waals surface area contributed by atoms with E-state index >= 15 is 0 Å². The van der Waals surface area contributed by atoms with Crippen molar-refractivity contribution in [2.45, 2.75) is 6.92 Å². The Labute approximate surface area is 135 Å². The van der Waals surface area contributed by atoms with Gasteiger partial charge < -0.3 is 9.57 Å². The number of para-hydroxylation sites is 1. The molecule has 0 saturated carbocycles. The number of nitrogens with zero attached hydrogens (tertiary/aromatic N) is 2. The largest absolute Gasteiger partial charge is 0.496 e. The molecule has 0 atom stereocenters. The normalized spacial score (nSPS) is 11.1. The molecule has 0 amide bonds. The number of ether oxygens (including phenoxy) is 1. The highest BCUT2D eigenvalue weighted by molar-refractivity contribution is 9.10. The van der Waals surface area contributed by atoms with Crippen molar-refractivity contribution in [2.24, 2.45) is 5.16 Å². The van der Waals surface area contributed by atoms with E-state index in [9.17, 15) is 10.1 Å². The van der Waals surface area contributed by atoms with Crippen molar-refractivity contribution in [3.05, 3.63) is 62.6 Å². The average molecular weight is 365 g/mol. The monoisotopic (exact) mass is 364 g/mol. The van der Waals surface area contributed by atoms with Crippen LogP contribution in [0, 0.1) is 10.1 Å². The first-order valence-electron chi connectivity index (χ1n) is 6.31. The number of rotatable bonds is 5. The van der Waals surface area contributed by atoms with Gasteiger partial charge in [-0.1, -0.05) is 33.2 Å². The van der Waals surface area contributed by atoms with Crippen molar-refractivity contribution in [3.8, 4) is 11.5 Å². The SMILES string of the molecule is COc1ccccc1C(C)=NOc1cc(Br)cc([N+](=O)[O-])c1. The van der Waals surface area contributed by atoms with Crippen LogP contribution in [-0.2, 0) is 0 Å². The van der Waals surface area contributed by atoms with Crippen LogP contribution in [0.5, 0.6) is 11.5 Å². The van der Waals surface area contributed by atoms with Crippen LogP contribution >= 0.6 is 15.9 Å². The van der Waals surface area contributed by atoms with Gasteiger partial charge in [0.2, 0.25) is 0 Å². The summed E-state index contributed by atoms with van der Waals surface area (Å²) < 4.78 is 5.80. The lowest BCUT2D eigenvalue weighted by Gasteiger charge is -2.07. The van der Waals surface area contributed by atoms with Gasteiger partial charge in [-0.3, -0.25) is 10.1 Å². The number of hydrogen-bond acceptors (Lipinski definition) is 5. The maximum absolute atomic E-state index is 10.8. The predicted octanol–water partition coefficient (Wildman–Crippen LogP) is 4.17. The second kappa shape index (κ2) is 7.04. The average Bonchev–Trinajstić information content (AvgIpc) is 2.52. The first kappa shape index (κ1) is 16.0. The highest BCUT2D eigenvalue weighted by Crippen LogP contribution is 2.26. The number of halogens is 1. The molecule has 0 radical (unpaired) electrons. The lowest BCUT2D eigenvalue weighted by atomic mass is 10.1. The van der Waals surface area contributed by atoms with Crippen molar-refractivity contribution in [1.29, 1.82) is 0 Å². The van der Waals surface area contributed by atoms with Crippen molar-refractivity contribution >= 4 is 27.3 Å². The van der Waals surface area contributed by atoms with Crippen LogP contribution in [0.1, 0.15) is 12.5 Å². The van der Waals surface area contributed by atoms with Crippen molar-refractivity contribution in [3.63, 3.8) is 0 Å². The third-order valence-electron chi connectivity index (χ3n) is 2.85. The summed E-state index contributed by atoms with van der Waals surface area (Å²) in [5.74, 6) is 0.947. The first-order chi connectivity index (χ1) is 10.5. The van der Waals surface area contributed by atoms with Crippen LogP contribution < -0.4 is 9.57 Å². The van der Waals surface area contributed by atoms with Gasteiger partial charge in [0.1, 0.15) is 5.75 Å². The third kappa shape index (κ3) is 3.82. The lowest BCUT2D eigenvalue weighted by molar-refractivity contribution is -0.385. The summed E-state index contributed by atoms with van der Waals surface area (Å²) in [6, 6.07) is 11.7. The molecule has 0 aliphatic rings. The summed E-state index contributed by atoms with van der Waals surface area (Å²) in [5.41, 5.74) is 1.31. The molecule has 0 saturated heterocycles. The van der Waals surface area contributed by atoms with Crippen molar-refractivity contribution < 1.29 is 14.5 Å². The summed E-state index contributed by atoms with van der Waals surface area (Å²) in [7, 11) is 1.57. The maximum atomic E-state index is 10.8. The number of non-ortho nitro benzene ring substituents is 1. The Morgan fingerprint density at radius 1 is 1.27 bits per heavy atom. The van der Waals surface area contributed by atoms with E-state index in [0.717, 1.165) is 5.56 Å². The van der Waals surface area contributed by atoms with Crippen LogP contribution in [0.25, 0.3) is 0 Å². The summed E-state index contributed by atoms with van der Waals surface area (Å²) in [5, 5.41) is 14.8. The Morgan fingerprint density at radius 3 is 2.68 bits per heavy atom. The molecule has 0 unspecified atom stereocenters. The van der Waals surface area contributed by atoms with Gasteiger partial charge in [-0.2, -0.15) is 0 Å². The fourth-order valence-corrected chi connectivity index (χ4v) is 2.28. The first-order valence-corrected chi connectivity index (χ1v) is 7.10. The molecule has 114 valence electrons. The van der Waals surface area contributed by atoms with E-state index in [2.05, 4.69) is 21.1 Å². The molecule has 0 spiro atoms. The molecule has 2 aromatic carbocycles. The minimum absolute atomic E-state index is 0.0745. The smallest absolute Gasteiger partial charge is 0.274 e. The summed E-state index contributed by atoms with van der Waals surface area (Å²) in [6.45, 7) is 1.77. The lowest BCUT2D eigenvalue weighted by Crippen LogP contribution is -2.01. The van der Waals surface area contributed by atoms with E-state index in [1.54, 1.807) is 20.1 Å². The second-order valence-corrected chi connectivity index (χ2v) is 5.29. The molecule has 0 aliphatic heterocycles. The molecule has 0 bridgehead atoms. The number of nitro groups is 1. The van der Waals surface area contributed by atoms with Gasteiger partial charge in [-0.05, 0) is 25.1 Å². The Kier molecular flexibility index (Phi) is 5.11. The Hall–Kier alpha value is -2.41. The van der Waals surface area contributed by atoms with E-state index in [-0.39, 0.29) is 11.4 Å². The zero-order valence-electron chi connectivity index (χ0n) is 11.9. The highest BCUT2D eigenvalue weighted by Gasteiger charge is 2.10. The molecule has 2 aromatic rings. The Balaban J connectivity index is 2.26. The molecule has 0 heterocycles. The molecule has 0 aliphatic carbocycles. The predicted molar refractivity (Wildman–Crippen MR) is 86.6 cm³/mol. The molecule has 0 aromatic heterocycles. The fraction of sp³-hybridized carbons (Fsp3) is 0.133. The van der Waals surface area contributed by atoms with Crippen LogP contribution in [0.15, 0.2) is 52.1 Å². The third-order valence-corrected chi connectivity index (χ3v) is 3.31. The number of methoxy groups -OCH3 is 1. The standard InChI is InChI=1S/C15H13BrN2O4/c1-10(14-5-3-4-6-15(14)21-2)17-22-13-8-11(16)7-12(9-13)18(19)20/h3-9H,1-2H3. The van der Waals surface area contributed by atoms with Gasteiger partial charge in [0.05, 0.1) is 23.8 Å². The number of benzene rings is 2. The summed E-state index contributed by atoms with van der Waals surface area (Å²) in [6.07, 6.45) is 0. The van der Waals surface area contributed by atoms with Gasteiger partial charge in [0.15, 0.2) is 5.75 Å². The molecule has 0 N–H and O–H groups in total. The minimum atomic E-state index is -0.492. The van der Waals surface area contributed by atoms with Gasteiger partial charge in [0.25, 0.3) is 5.69 Å². The number of nitro benzene ring substituents is 1. The molecule has 6 nitrogen and oxygen atoms in total. The van der Waals surface area contributed by atoms with Crippen molar-refractivity contribution in [1.82, 2.24) is 0 Å². The van der Waals surface area contributed by atoms with Gasteiger partial charge in [0, 0.05) is 16.1 Å². The Morgan fingerprint density at radius 2 is 2.00 bits per heavy atom. The van der Waals surface area contributed by atoms with E-state index in [0.29, 0.717) is 15.9 Å². The molecule has 0 fully saturated rings. The van der Waals surface area contributed by atoms with Crippen LogP contribution in [0.4, 0.5) is 5.69 Å². The zero-order chi connectivity index (χ0) is 16.1. The van der Waals surface area contributed by atoms with E-state index in [1.807, 2.05) is 24.3 Å². The van der Waals surface area contributed by atoms with Gasteiger partial charge in [-0.15, -0.1) is 0 Å². The fourth-order valence-electron chi connectivity index (χ4n) is 1.82. The number of oxime groups is 1. The van der Waals surface area contributed by atoms with E-state index in [4.69, 9.17) is 9.57 Å². The minimum Gasteiger partial charge on any atom is -0.496 e. The molecular weight excluding hydrogens is 352 g/mol. The quantitative estimate of drug-likeness (QED) is 0.453. The summed E-state index contributed by atoms with van der Waals surface area (Å²) in [4.78, 5) is 15.6. The zero-order valence-corrected chi connectivity index (χ0v) is 13.5. The van der Waals surface area contributed by atoms with E-state index < -0.39 is 4.92 Å². The molecule has 22 heavy (non-hydrogen) atoms. The van der Waals surface area contributed by atoms with E-state index in [1.165, 1.54) is 12.1 Å². The van der Waals surface area contributed by atoms with Crippen LogP contribution in [0.3, 0.4) is 0 Å². The van der Waals surface area contributed by atoms with Crippen molar-refractivity contribution in [2.75, 3.05) is 7.11 Å². The number of hydrogen-bond donors (Lipinski definition) is 0. The van der Waals surface area contributed by atoms with Crippen LogP contribution in [-0.4, -0.2) is 17.7 Å². The molecule has 2 rings (SSSR count). The maximum Gasteiger partial charge on any atom is 0.274 e.